The quantitative estimate of drug-likeness (QED) is 0.922. The summed E-state index contributed by atoms with van der Waals surface area (Å²) in [5.41, 5.74) is 1.67. The Hall–Kier alpha value is -1.19. The topological polar surface area (TPSA) is 33.1 Å². The zero-order valence-electron chi connectivity index (χ0n) is 11.9. The summed E-state index contributed by atoms with van der Waals surface area (Å²) in [6, 6.07) is 10.5. The fourth-order valence-corrected chi connectivity index (χ4v) is 4.01. The summed E-state index contributed by atoms with van der Waals surface area (Å²) in [4.78, 5) is 4.54. The highest BCUT2D eigenvalue weighted by atomic mass is 32.1. The first kappa shape index (κ1) is 13.8. The lowest BCUT2D eigenvalue weighted by molar-refractivity contribution is -0.0173. The molecule has 0 aliphatic heterocycles. The monoisotopic (exact) mass is 287 g/mol. The van der Waals surface area contributed by atoms with Crippen molar-refractivity contribution in [1.82, 2.24) is 4.98 Å². The van der Waals surface area contributed by atoms with Gasteiger partial charge in [0.2, 0.25) is 0 Å². The molecule has 2 aromatic rings. The molecule has 1 heterocycles. The molecule has 20 heavy (non-hydrogen) atoms. The van der Waals surface area contributed by atoms with Gasteiger partial charge in [0.1, 0.15) is 0 Å². The zero-order valence-corrected chi connectivity index (χ0v) is 12.7. The predicted octanol–water partition coefficient (Wildman–Crippen LogP) is 4.08. The second-order valence-corrected chi connectivity index (χ2v) is 6.91. The van der Waals surface area contributed by atoms with Crippen LogP contribution in [-0.2, 0) is 6.42 Å². The molecule has 0 spiro atoms. The summed E-state index contributed by atoms with van der Waals surface area (Å²) in [5.74, 6) is 0.236. The number of rotatable bonds is 3. The van der Waals surface area contributed by atoms with Gasteiger partial charge >= 0.3 is 0 Å². The molecule has 3 rings (SSSR count). The van der Waals surface area contributed by atoms with Gasteiger partial charge < -0.3 is 5.11 Å². The van der Waals surface area contributed by atoms with Crippen LogP contribution in [-0.4, -0.2) is 15.7 Å². The number of nitrogens with zero attached hydrogens (tertiary/aromatic N) is 1. The lowest BCUT2D eigenvalue weighted by Crippen LogP contribution is -2.41. The van der Waals surface area contributed by atoms with Crippen LogP contribution < -0.4 is 0 Å². The van der Waals surface area contributed by atoms with E-state index in [0.717, 1.165) is 30.0 Å². The van der Waals surface area contributed by atoms with Crippen molar-refractivity contribution in [3.63, 3.8) is 0 Å². The molecule has 2 atom stereocenters. The minimum Gasteiger partial charge on any atom is -0.389 e. The van der Waals surface area contributed by atoms with Crippen LogP contribution in [0.5, 0.6) is 0 Å². The summed E-state index contributed by atoms with van der Waals surface area (Å²) in [7, 11) is 0. The van der Waals surface area contributed by atoms with Crippen LogP contribution in [0.3, 0.4) is 0 Å². The molecule has 1 saturated carbocycles. The smallest absolute Gasteiger partial charge is 0.0897 e. The van der Waals surface area contributed by atoms with E-state index in [0.29, 0.717) is 6.42 Å². The minimum atomic E-state index is -0.639. The molecule has 106 valence electrons. The van der Waals surface area contributed by atoms with Gasteiger partial charge in [0, 0.05) is 17.7 Å². The van der Waals surface area contributed by atoms with Crippen molar-refractivity contribution in [2.75, 3.05) is 0 Å². The van der Waals surface area contributed by atoms with E-state index < -0.39 is 5.60 Å². The molecule has 3 heteroatoms. The Morgan fingerprint density at radius 2 is 2.10 bits per heavy atom. The van der Waals surface area contributed by atoms with E-state index in [-0.39, 0.29) is 5.92 Å². The molecule has 1 aliphatic carbocycles. The van der Waals surface area contributed by atoms with E-state index in [1.54, 1.807) is 11.3 Å². The number of thiazole rings is 1. The zero-order chi connectivity index (χ0) is 14.0. The summed E-state index contributed by atoms with van der Waals surface area (Å²) >= 11 is 1.67. The normalized spacial score (nSPS) is 26.6. The largest absolute Gasteiger partial charge is 0.389 e. The van der Waals surface area contributed by atoms with Gasteiger partial charge in [-0.05, 0) is 25.3 Å². The lowest BCUT2D eigenvalue weighted by Gasteiger charge is -2.40. The van der Waals surface area contributed by atoms with Crippen LogP contribution in [0.15, 0.2) is 35.7 Å². The second kappa shape index (κ2) is 5.66. The first-order valence-electron chi connectivity index (χ1n) is 7.36. The van der Waals surface area contributed by atoms with Gasteiger partial charge in [-0.1, -0.05) is 43.2 Å². The maximum atomic E-state index is 11.2. The van der Waals surface area contributed by atoms with Crippen LogP contribution in [0.25, 0.3) is 0 Å². The SMILES string of the molecule is Cc1nc(CC2(O)CCCCC2c2ccccc2)cs1. The highest BCUT2D eigenvalue weighted by molar-refractivity contribution is 7.09. The van der Waals surface area contributed by atoms with Crippen LogP contribution in [0.2, 0.25) is 0 Å². The highest BCUT2D eigenvalue weighted by Crippen LogP contribution is 2.42. The first-order chi connectivity index (χ1) is 9.67. The first-order valence-corrected chi connectivity index (χ1v) is 8.24. The average Bonchev–Trinajstić information content (AvgIpc) is 2.85. The molecule has 1 N–H and O–H groups in total. The molecule has 1 fully saturated rings. The third kappa shape index (κ3) is 2.79. The standard InChI is InChI=1S/C17H21NOS/c1-13-18-15(12-20-13)11-17(19)10-6-5-9-16(17)14-7-3-2-4-8-14/h2-4,7-8,12,16,19H,5-6,9-11H2,1H3. The fourth-order valence-electron chi connectivity index (χ4n) is 3.40. The van der Waals surface area contributed by atoms with Crippen molar-refractivity contribution in [3.8, 4) is 0 Å². The molecule has 1 aliphatic rings. The van der Waals surface area contributed by atoms with Gasteiger partial charge in [-0.25, -0.2) is 4.98 Å². The predicted molar refractivity (Wildman–Crippen MR) is 83.2 cm³/mol. The molecule has 2 nitrogen and oxygen atoms in total. The van der Waals surface area contributed by atoms with Crippen LogP contribution in [0, 0.1) is 6.92 Å². The Bertz CT molecular complexity index is 565. The average molecular weight is 287 g/mol. The Morgan fingerprint density at radius 1 is 1.30 bits per heavy atom. The van der Waals surface area contributed by atoms with Crippen molar-refractivity contribution in [1.29, 1.82) is 0 Å². The number of aryl methyl sites for hydroxylation is 1. The van der Waals surface area contributed by atoms with E-state index in [1.165, 1.54) is 12.0 Å². The number of hydrogen-bond donors (Lipinski definition) is 1. The van der Waals surface area contributed by atoms with Gasteiger partial charge in [0.15, 0.2) is 0 Å². The molecule has 0 radical (unpaired) electrons. The van der Waals surface area contributed by atoms with E-state index in [4.69, 9.17) is 0 Å². The van der Waals surface area contributed by atoms with Gasteiger partial charge in [0.25, 0.3) is 0 Å². The third-order valence-corrected chi connectivity index (χ3v) is 5.18. The molecule has 1 aromatic carbocycles. The molecule has 0 amide bonds. The van der Waals surface area contributed by atoms with Crippen LogP contribution >= 0.6 is 11.3 Å². The molecule has 0 saturated heterocycles. The lowest BCUT2D eigenvalue weighted by atomic mass is 9.70. The van der Waals surface area contributed by atoms with E-state index in [1.807, 2.05) is 13.0 Å². The molecule has 0 bridgehead atoms. The number of aromatic nitrogens is 1. The van der Waals surface area contributed by atoms with Crippen LogP contribution in [0.4, 0.5) is 0 Å². The Labute approximate surface area is 124 Å². The molecular formula is C17H21NOS. The van der Waals surface area contributed by atoms with Gasteiger partial charge in [0.05, 0.1) is 16.3 Å². The summed E-state index contributed by atoms with van der Waals surface area (Å²) in [6.07, 6.45) is 4.95. The fraction of sp³-hybridized carbons (Fsp3) is 0.471. The number of hydrogen-bond acceptors (Lipinski definition) is 3. The van der Waals surface area contributed by atoms with Crippen molar-refractivity contribution in [2.24, 2.45) is 0 Å². The van der Waals surface area contributed by atoms with E-state index >= 15 is 0 Å². The Balaban J connectivity index is 1.87. The molecule has 2 unspecified atom stereocenters. The summed E-state index contributed by atoms with van der Waals surface area (Å²) < 4.78 is 0. The maximum Gasteiger partial charge on any atom is 0.0897 e. The number of aliphatic hydroxyl groups is 1. The van der Waals surface area contributed by atoms with Crippen molar-refractivity contribution in [3.05, 3.63) is 52.0 Å². The van der Waals surface area contributed by atoms with Crippen molar-refractivity contribution in [2.45, 2.75) is 50.5 Å². The Kier molecular flexibility index (Phi) is 3.90. The van der Waals surface area contributed by atoms with Crippen molar-refractivity contribution >= 4 is 11.3 Å². The second-order valence-electron chi connectivity index (χ2n) is 5.85. The highest BCUT2D eigenvalue weighted by Gasteiger charge is 2.40. The summed E-state index contributed by atoms with van der Waals surface area (Å²) in [6.45, 7) is 2.02. The van der Waals surface area contributed by atoms with Gasteiger partial charge in [-0.15, -0.1) is 11.3 Å². The molecule has 1 aromatic heterocycles. The minimum absolute atomic E-state index is 0.236. The van der Waals surface area contributed by atoms with E-state index in [9.17, 15) is 5.11 Å². The maximum absolute atomic E-state index is 11.2. The van der Waals surface area contributed by atoms with Gasteiger partial charge in [-0.3, -0.25) is 0 Å². The summed E-state index contributed by atoms with van der Waals surface area (Å²) in [5, 5.41) is 14.4. The van der Waals surface area contributed by atoms with E-state index in [2.05, 4.69) is 34.6 Å². The third-order valence-electron chi connectivity index (χ3n) is 4.36. The molecular weight excluding hydrogens is 266 g/mol. The van der Waals surface area contributed by atoms with Crippen LogP contribution in [0.1, 0.15) is 47.9 Å². The Morgan fingerprint density at radius 3 is 2.80 bits per heavy atom. The number of benzene rings is 1. The van der Waals surface area contributed by atoms with Gasteiger partial charge in [-0.2, -0.15) is 0 Å². The van der Waals surface area contributed by atoms with Crippen molar-refractivity contribution < 1.29 is 5.11 Å².